The van der Waals surface area contributed by atoms with E-state index in [1.807, 2.05) is 71.3 Å². The van der Waals surface area contributed by atoms with Crippen molar-refractivity contribution >= 4 is 11.0 Å². The first-order chi connectivity index (χ1) is 20.2. The Balaban J connectivity index is 1.21. The molecule has 1 atom stereocenters. The Kier molecular flexibility index (Phi) is 6.66. The molecule has 8 nitrogen and oxygen atoms in total. The van der Waals surface area contributed by atoms with E-state index >= 15 is 0 Å². The summed E-state index contributed by atoms with van der Waals surface area (Å²) in [4.78, 5) is 27.6. The number of nitrogens with zero attached hydrogens (tertiary/aromatic N) is 6. The van der Waals surface area contributed by atoms with Crippen LogP contribution in [0.3, 0.4) is 0 Å². The third kappa shape index (κ3) is 4.94. The van der Waals surface area contributed by atoms with Gasteiger partial charge in [0.05, 0.1) is 17.2 Å². The smallest absolute Gasteiger partial charge is 0.305 e. The maximum absolute atomic E-state index is 13.0. The number of aromatic nitrogens is 6. The molecule has 0 radical (unpaired) electrons. The summed E-state index contributed by atoms with van der Waals surface area (Å²) in [6.45, 7) is 1.70. The summed E-state index contributed by atoms with van der Waals surface area (Å²) >= 11 is 0. The van der Waals surface area contributed by atoms with Crippen LogP contribution in [-0.2, 0) is 6.54 Å². The number of para-hydroxylation sites is 2. The molecule has 0 bridgehead atoms. The average Bonchev–Trinajstić information content (AvgIpc) is 3.38. The maximum atomic E-state index is 13.0. The molecular formula is C33H29N7O. The first kappa shape index (κ1) is 25.0. The molecule has 8 heteroatoms. The molecule has 4 heterocycles. The topological polar surface area (TPSA) is 92.6 Å². The Morgan fingerprint density at radius 2 is 1.56 bits per heavy atom. The Bertz CT molecular complexity index is 1850. The number of pyridine rings is 1. The quantitative estimate of drug-likeness (QED) is 0.275. The minimum atomic E-state index is -0.0485. The van der Waals surface area contributed by atoms with Crippen LogP contribution in [0.5, 0.6) is 0 Å². The molecule has 1 N–H and O–H groups in total. The second-order valence-electron chi connectivity index (χ2n) is 10.4. The second kappa shape index (κ2) is 10.9. The van der Waals surface area contributed by atoms with Crippen LogP contribution in [0.1, 0.15) is 31.0 Å². The van der Waals surface area contributed by atoms with Gasteiger partial charge in [0.25, 0.3) is 0 Å². The van der Waals surface area contributed by atoms with Crippen LogP contribution in [0.4, 0.5) is 0 Å². The highest BCUT2D eigenvalue weighted by Crippen LogP contribution is 2.32. The molecule has 0 saturated carbocycles. The fourth-order valence-electron chi connectivity index (χ4n) is 5.76. The molecule has 7 rings (SSSR count). The van der Waals surface area contributed by atoms with Crippen LogP contribution < -0.4 is 5.69 Å². The number of rotatable bonds is 6. The molecule has 0 amide bonds. The van der Waals surface area contributed by atoms with Gasteiger partial charge in [-0.15, -0.1) is 10.2 Å². The van der Waals surface area contributed by atoms with E-state index in [1.165, 1.54) is 5.56 Å². The summed E-state index contributed by atoms with van der Waals surface area (Å²) in [5, 5.41) is 9.03. The lowest BCUT2D eigenvalue weighted by molar-refractivity contribution is 0.0881. The lowest BCUT2D eigenvalue weighted by Gasteiger charge is -2.36. The number of aromatic amines is 1. The monoisotopic (exact) mass is 539 g/mol. The van der Waals surface area contributed by atoms with Gasteiger partial charge < -0.3 is 4.98 Å². The van der Waals surface area contributed by atoms with E-state index in [9.17, 15) is 4.79 Å². The fraction of sp³-hybridized carbons (Fsp3) is 0.182. The molecule has 6 aromatic rings. The average molecular weight is 540 g/mol. The van der Waals surface area contributed by atoms with Gasteiger partial charge in [-0.25, -0.2) is 9.78 Å². The molecule has 0 aliphatic carbocycles. The van der Waals surface area contributed by atoms with Gasteiger partial charge in [-0.05, 0) is 49.1 Å². The van der Waals surface area contributed by atoms with Gasteiger partial charge in [-0.1, -0.05) is 66.7 Å². The van der Waals surface area contributed by atoms with Crippen molar-refractivity contribution in [1.82, 2.24) is 34.6 Å². The number of benzene rings is 3. The first-order valence-electron chi connectivity index (χ1n) is 14.0. The lowest BCUT2D eigenvalue weighted by atomic mass is 10.0. The summed E-state index contributed by atoms with van der Waals surface area (Å²) < 4.78 is 1.93. The highest BCUT2D eigenvalue weighted by atomic mass is 16.1. The van der Waals surface area contributed by atoms with Crippen molar-refractivity contribution in [3.63, 3.8) is 0 Å². The van der Waals surface area contributed by atoms with Crippen molar-refractivity contribution in [2.45, 2.75) is 32.0 Å². The number of likely N-dealkylation sites (tertiary alicyclic amines) is 1. The van der Waals surface area contributed by atoms with Crippen LogP contribution in [-0.4, -0.2) is 41.2 Å². The van der Waals surface area contributed by atoms with Gasteiger partial charge >= 0.3 is 5.69 Å². The third-order valence-corrected chi connectivity index (χ3v) is 7.77. The summed E-state index contributed by atoms with van der Waals surface area (Å²) in [6, 6.07) is 30.3. The molecule has 202 valence electrons. The van der Waals surface area contributed by atoms with E-state index in [1.54, 1.807) is 12.4 Å². The highest BCUT2D eigenvalue weighted by Gasteiger charge is 2.27. The van der Waals surface area contributed by atoms with E-state index in [0.717, 1.165) is 71.5 Å². The van der Waals surface area contributed by atoms with Gasteiger partial charge in [-0.2, -0.15) is 0 Å². The number of hydrogen-bond acceptors (Lipinski definition) is 6. The minimum absolute atomic E-state index is 0.0184. The SMILES string of the molecule is O=c1[nH]c2ccccc2n1C1CCCCN1Cc1ccc(-c2nc(-c3cccnc3)nnc2-c2ccccc2)cc1. The fourth-order valence-corrected chi connectivity index (χ4v) is 5.76. The molecule has 1 aliphatic heterocycles. The van der Waals surface area contributed by atoms with Crippen molar-refractivity contribution in [3.05, 3.63) is 119 Å². The number of nitrogens with one attached hydrogen (secondary N) is 1. The van der Waals surface area contributed by atoms with Gasteiger partial charge in [0.1, 0.15) is 11.4 Å². The molecular weight excluding hydrogens is 510 g/mol. The minimum Gasteiger partial charge on any atom is -0.305 e. The molecule has 1 aliphatic rings. The first-order valence-corrected chi connectivity index (χ1v) is 14.0. The summed E-state index contributed by atoms with van der Waals surface area (Å²) in [7, 11) is 0. The van der Waals surface area contributed by atoms with Gasteiger partial charge in [-0.3, -0.25) is 14.5 Å². The number of imidazole rings is 1. The zero-order valence-corrected chi connectivity index (χ0v) is 22.5. The Morgan fingerprint density at radius 3 is 2.39 bits per heavy atom. The van der Waals surface area contributed by atoms with Crippen LogP contribution >= 0.6 is 0 Å². The van der Waals surface area contributed by atoms with Gasteiger partial charge in [0, 0.05) is 42.2 Å². The molecule has 1 fully saturated rings. The molecule has 41 heavy (non-hydrogen) atoms. The van der Waals surface area contributed by atoms with Crippen molar-refractivity contribution < 1.29 is 0 Å². The van der Waals surface area contributed by atoms with Crippen molar-refractivity contribution in [3.8, 4) is 33.9 Å². The molecule has 1 unspecified atom stereocenters. The van der Waals surface area contributed by atoms with Gasteiger partial charge in [0.15, 0.2) is 5.82 Å². The number of fused-ring (bicyclic) bond motifs is 1. The number of piperidine rings is 1. The van der Waals surface area contributed by atoms with E-state index in [2.05, 4.69) is 49.3 Å². The largest absolute Gasteiger partial charge is 0.327 e. The van der Waals surface area contributed by atoms with Crippen LogP contribution in [0.25, 0.3) is 44.9 Å². The van der Waals surface area contributed by atoms with Crippen LogP contribution in [0, 0.1) is 0 Å². The number of hydrogen-bond donors (Lipinski definition) is 1. The van der Waals surface area contributed by atoms with Crippen LogP contribution in [0.2, 0.25) is 0 Å². The molecule has 3 aromatic carbocycles. The van der Waals surface area contributed by atoms with Crippen molar-refractivity contribution in [1.29, 1.82) is 0 Å². The number of H-pyrrole nitrogens is 1. The zero-order valence-electron chi connectivity index (χ0n) is 22.5. The standard InChI is InChI=1S/C33H29N7O/c41-33-35-27-12-4-5-13-28(27)40(33)29-14-6-7-20-39(29)22-23-15-17-25(18-16-23)30-31(24-9-2-1-3-10-24)37-38-32(36-30)26-11-8-19-34-21-26/h1-5,8-13,15-19,21,29H,6-7,14,20,22H2,(H,35,41). The molecule has 1 saturated heterocycles. The Hall–Kier alpha value is -4.95. The van der Waals surface area contributed by atoms with Crippen molar-refractivity contribution in [2.24, 2.45) is 0 Å². The van der Waals surface area contributed by atoms with Crippen molar-refractivity contribution in [2.75, 3.05) is 6.54 Å². The predicted molar refractivity (Wildman–Crippen MR) is 160 cm³/mol. The van der Waals surface area contributed by atoms with E-state index in [0.29, 0.717) is 5.82 Å². The van der Waals surface area contributed by atoms with E-state index in [-0.39, 0.29) is 11.9 Å². The predicted octanol–water partition coefficient (Wildman–Crippen LogP) is 6.10. The lowest BCUT2D eigenvalue weighted by Crippen LogP contribution is -2.39. The van der Waals surface area contributed by atoms with Gasteiger partial charge in [0.2, 0.25) is 0 Å². The Morgan fingerprint density at radius 1 is 0.780 bits per heavy atom. The zero-order chi connectivity index (χ0) is 27.6. The third-order valence-electron chi connectivity index (χ3n) is 7.77. The summed E-state index contributed by atoms with van der Waals surface area (Å²) in [5.74, 6) is 0.539. The second-order valence-corrected chi connectivity index (χ2v) is 10.4. The normalized spacial score (nSPS) is 15.8. The highest BCUT2D eigenvalue weighted by molar-refractivity contribution is 5.79. The van der Waals surface area contributed by atoms with E-state index < -0.39 is 0 Å². The van der Waals surface area contributed by atoms with Crippen LogP contribution in [0.15, 0.2) is 108 Å². The summed E-state index contributed by atoms with van der Waals surface area (Å²) in [5.41, 5.74) is 7.24. The maximum Gasteiger partial charge on any atom is 0.327 e. The Labute approximate surface area is 237 Å². The summed E-state index contributed by atoms with van der Waals surface area (Å²) in [6.07, 6.45) is 6.68. The molecule has 3 aromatic heterocycles. The van der Waals surface area contributed by atoms with E-state index in [4.69, 9.17) is 4.98 Å². The molecule has 0 spiro atoms.